The van der Waals surface area contributed by atoms with E-state index in [4.69, 9.17) is 24.3 Å². The maximum absolute atomic E-state index is 12.6. The van der Waals surface area contributed by atoms with Gasteiger partial charge in [-0.15, -0.1) is 0 Å². The van der Waals surface area contributed by atoms with Crippen LogP contribution in [0.2, 0.25) is 0 Å². The maximum Gasteiger partial charge on any atom is 0.472 e. The van der Waals surface area contributed by atoms with Crippen LogP contribution in [0.25, 0.3) is 0 Å². The van der Waals surface area contributed by atoms with Crippen LogP contribution in [0.4, 0.5) is 0 Å². The molecule has 0 bridgehead atoms. The molecule has 0 amide bonds. The van der Waals surface area contributed by atoms with Crippen molar-refractivity contribution in [3.63, 3.8) is 0 Å². The Bertz CT molecular complexity index is 1180. The Kier molecular flexibility index (Phi) is 39.2. The SMILES string of the molecule is CC/C=C\C/C=C\C/C=C\C/C=C\C/C=C\C/C=C\CCCCC(=O)OC(COCCCCCC/C=C\C/C=C\C/C=C\CC)COP(=O)(O)OCCN. The van der Waals surface area contributed by atoms with Crippen molar-refractivity contribution in [3.8, 4) is 0 Å². The number of unbranched alkanes of at least 4 members (excludes halogenated alkanes) is 6. The summed E-state index contributed by atoms with van der Waals surface area (Å²) in [7, 11) is -4.30. The van der Waals surface area contributed by atoms with Crippen molar-refractivity contribution in [2.45, 2.75) is 136 Å². The molecule has 0 aromatic heterocycles. The van der Waals surface area contributed by atoms with Gasteiger partial charge in [0.05, 0.1) is 19.8 Å². The zero-order valence-electron chi connectivity index (χ0n) is 33.7. The van der Waals surface area contributed by atoms with Crippen LogP contribution in [0.3, 0.4) is 0 Å². The molecule has 0 aromatic rings. The van der Waals surface area contributed by atoms with E-state index in [1.165, 1.54) is 0 Å². The fourth-order valence-corrected chi connectivity index (χ4v) is 5.54. The lowest BCUT2D eigenvalue weighted by molar-refractivity contribution is -0.154. The molecule has 8 nitrogen and oxygen atoms in total. The number of hydrogen-bond donors (Lipinski definition) is 2. The van der Waals surface area contributed by atoms with Crippen LogP contribution in [-0.4, -0.2) is 49.9 Å². The predicted octanol–water partition coefficient (Wildman–Crippen LogP) is 12.1. The fraction of sp³-hybridized carbons (Fsp3) is 0.578. The summed E-state index contributed by atoms with van der Waals surface area (Å²) in [6.07, 6.45) is 55.4. The molecule has 0 aliphatic heterocycles. The lowest BCUT2D eigenvalue weighted by Crippen LogP contribution is -2.28. The van der Waals surface area contributed by atoms with E-state index in [1.807, 2.05) is 0 Å². The molecular weight excluding hydrogens is 697 g/mol. The third-order valence-corrected chi connectivity index (χ3v) is 8.67. The predicted molar refractivity (Wildman–Crippen MR) is 228 cm³/mol. The average molecular weight is 772 g/mol. The Hall–Kier alpha value is -2.84. The summed E-state index contributed by atoms with van der Waals surface area (Å²) in [5, 5.41) is 0. The van der Waals surface area contributed by atoms with Crippen LogP contribution in [0.1, 0.15) is 129 Å². The van der Waals surface area contributed by atoms with Crippen molar-refractivity contribution in [2.75, 3.05) is 33.0 Å². The zero-order valence-corrected chi connectivity index (χ0v) is 34.5. The van der Waals surface area contributed by atoms with E-state index in [9.17, 15) is 14.3 Å². The van der Waals surface area contributed by atoms with E-state index in [-0.39, 0.29) is 38.8 Å². The molecule has 2 atom stereocenters. The van der Waals surface area contributed by atoms with Gasteiger partial charge in [0, 0.05) is 19.6 Å². The summed E-state index contributed by atoms with van der Waals surface area (Å²) in [5.41, 5.74) is 5.35. The molecule has 306 valence electrons. The van der Waals surface area contributed by atoms with Gasteiger partial charge < -0.3 is 20.1 Å². The van der Waals surface area contributed by atoms with Crippen molar-refractivity contribution in [3.05, 3.63) is 109 Å². The minimum absolute atomic E-state index is 0.0751. The van der Waals surface area contributed by atoms with E-state index >= 15 is 0 Å². The Morgan fingerprint density at radius 1 is 0.556 bits per heavy atom. The maximum atomic E-state index is 12.6. The molecule has 2 unspecified atom stereocenters. The van der Waals surface area contributed by atoms with Gasteiger partial charge in [-0.3, -0.25) is 13.8 Å². The third-order valence-electron chi connectivity index (χ3n) is 7.69. The summed E-state index contributed by atoms with van der Waals surface area (Å²) in [4.78, 5) is 22.4. The summed E-state index contributed by atoms with van der Waals surface area (Å²) in [5.74, 6) is -0.387. The Balaban J connectivity index is 4.23. The molecule has 3 N–H and O–H groups in total. The number of nitrogens with two attached hydrogens (primary N) is 1. The summed E-state index contributed by atoms with van der Waals surface area (Å²) in [6, 6.07) is 0. The standard InChI is InChI=1S/C45H74NO7P/c1-3-5-7-9-11-13-15-17-19-20-21-22-23-24-25-26-28-30-32-34-36-38-45(47)53-44(43-52-54(48,49)51-41-39-46)42-50-40-37-35-33-31-29-27-18-16-14-12-10-8-6-4-2/h5-8,11-14,17-19,21-22,24-25,27-28,30,44H,3-4,9-10,15-16,20,23,26,29,31-43,46H2,1-2H3,(H,48,49)/b7-5-,8-6-,13-11-,14-12-,19-17-,22-21-,25-24-,27-18-,30-28-. The van der Waals surface area contributed by atoms with Gasteiger partial charge in [-0.05, 0) is 96.3 Å². The highest BCUT2D eigenvalue weighted by atomic mass is 31.2. The minimum Gasteiger partial charge on any atom is -0.457 e. The molecule has 0 saturated heterocycles. The number of phosphoric ester groups is 1. The van der Waals surface area contributed by atoms with Gasteiger partial charge in [0.1, 0.15) is 6.10 Å². The number of phosphoric acid groups is 1. The summed E-state index contributed by atoms with van der Waals surface area (Å²) < 4.78 is 33.3. The van der Waals surface area contributed by atoms with Gasteiger partial charge in [-0.2, -0.15) is 0 Å². The Morgan fingerprint density at radius 2 is 0.981 bits per heavy atom. The Morgan fingerprint density at radius 3 is 1.44 bits per heavy atom. The average Bonchev–Trinajstić information content (AvgIpc) is 3.16. The Labute approximate surface area is 329 Å². The highest BCUT2D eigenvalue weighted by Crippen LogP contribution is 2.43. The normalized spacial score (nSPS) is 14.7. The first kappa shape index (κ1) is 51.2. The lowest BCUT2D eigenvalue weighted by atomic mass is 10.1. The second-order valence-electron chi connectivity index (χ2n) is 12.7. The highest BCUT2D eigenvalue weighted by molar-refractivity contribution is 7.47. The molecule has 9 heteroatoms. The number of allylic oxidation sites excluding steroid dienone is 18. The number of hydrogen-bond acceptors (Lipinski definition) is 7. The van der Waals surface area contributed by atoms with Crippen molar-refractivity contribution in [1.82, 2.24) is 0 Å². The molecule has 0 spiro atoms. The van der Waals surface area contributed by atoms with Gasteiger partial charge in [0.15, 0.2) is 0 Å². The van der Waals surface area contributed by atoms with E-state index in [0.29, 0.717) is 13.0 Å². The molecule has 0 aliphatic rings. The second-order valence-corrected chi connectivity index (χ2v) is 14.2. The largest absolute Gasteiger partial charge is 0.472 e. The van der Waals surface area contributed by atoms with Crippen LogP contribution in [0.5, 0.6) is 0 Å². The van der Waals surface area contributed by atoms with Gasteiger partial charge in [-0.1, -0.05) is 136 Å². The van der Waals surface area contributed by atoms with E-state index in [0.717, 1.165) is 103 Å². The molecule has 0 aliphatic carbocycles. The topological polar surface area (TPSA) is 117 Å². The number of carbonyl (C=O) groups excluding carboxylic acids is 1. The zero-order chi connectivity index (χ0) is 39.5. The van der Waals surface area contributed by atoms with Crippen LogP contribution in [0, 0.1) is 0 Å². The molecule has 0 radical (unpaired) electrons. The van der Waals surface area contributed by atoms with Gasteiger partial charge in [-0.25, -0.2) is 4.57 Å². The quantitative estimate of drug-likeness (QED) is 0.0277. The van der Waals surface area contributed by atoms with Crippen LogP contribution < -0.4 is 5.73 Å². The van der Waals surface area contributed by atoms with Crippen molar-refractivity contribution >= 4 is 13.8 Å². The molecule has 0 aromatic carbocycles. The number of ether oxygens (including phenoxy) is 2. The number of rotatable bonds is 37. The van der Waals surface area contributed by atoms with Crippen LogP contribution in [0.15, 0.2) is 109 Å². The highest BCUT2D eigenvalue weighted by Gasteiger charge is 2.25. The minimum atomic E-state index is -4.30. The van der Waals surface area contributed by atoms with E-state index < -0.39 is 13.9 Å². The lowest BCUT2D eigenvalue weighted by Gasteiger charge is -2.20. The third kappa shape index (κ3) is 40.3. The van der Waals surface area contributed by atoms with Crippen LogP contribution in [-0.2, 0) is 27.9 Å². The molecule has 0 rings (SSSR count). The molecule has 0 saturated carbocycles. The molecular formula is C45H74NO7P. The molecule has 0 heterocycles. The summed E-state index contributed by atoms with van der Waals surface area (Å²) in [6.45, 7) is 4.53. The second kappa shape index (κ2) is 41.3. The monoisotopic (exact) mass is 772 g/mol. The number of esters is 1. The van der Waals surface area contributed by atoms with Crippen molar-refractivity contribution in [1.29, 1.82) is 0 Å². The van der Waals surface area contributed by atoms with Gasteiger partial charge in [0.25, 0.3) is 0 Å². The van der Waals surface area contributed by atoms with Crippen LogP contribution >= 0.6 is 7.82 Å². The van der Waals surface area contributed by atoms with Gasteiger partial charge >= 0.3 is 13.8 Å². The number of carbonyl (C=O) groups is 1. The van der Waals surface area contributed by atoms with Crippen molar-refractivity contribution in [2.24, 2.45) is 5.73 Å². The fourth-order valence-electron chi connectivity index (χ4n) is 4.78. The van der Waals surface area contributed by atoms with Gasteiger partial charge in [0.2, 0.25) is 0 Å². The van der Waals surface area contributed by atoms with Crippen molar-refractivity contribution < 1.29 is 32.8 Å². The molecule has 54 heavy (non-hydrogen) atoms. The first-order chi connectivity index (χ1) is 26.4. The molecule has 0 fully saturated rings. The van der Waals surface area contributed by atoms with E-state index in [2.05, 4.69) is 123 Å². The first-order valence-corrected chi connectivity index (χ1v) is 21.9. The summed E-state index contributed by atoms with van der Waals surface area (Å²) >= 11 is 0. The first-order valence-electron chi connectivity index (χ1n) is 20.4. The van der Waals surface area contributed by atoms with E-state index in [1.54, 1.807) is 0 Å². The smallest absolute Gasteiger partial charge is 0.457 e.